The fourth-order valence-corrected chi connectivity index (χ4v) is 3.49. The summed E-state index contributed by atoms with van der Waals surface area (Å²) in [5.41, 5.74) is 1.12. The third kappa shape index (κ3) is 5.42. The van der Waals surface area contributed by atoms with E-state index in [0.29, 0.717) is 24.5 Å². The van der Waals surface area contributed by atoms with Gasteiger partial charge in [-0.15, -0.1) is 0 Å². The van der Waals surface area contributed by atoms with Crippen LogP contribution in [-0.2, 0) is 9.59 Å². The van der Waals surface area contributed by atoms with E-state index in [1.54, 1.807) is 48.5 Å². The number of amides is 4. The van der Waals surface area contributed by atoms with E-state index in [4.69, 9.17) is 4.74 Å². The van der Waals surface area contributed by atoms with Crippen LogP contribution in [-0.4, -0.2) is 41.9 Å². The van der Waals surface area contributed by atoms with Gasteiger partial charge in [-0.1, -0.05) is 39.0 Å². The molecule has 1 heterocycles. The molecule has 4 amide bonds. The molecule has 1 aliphatic rings. The van der Waals surface area contributed by atoms with E-state index in [0.717, 1.165) is 12.2 Å². The lowest BCUT2D eigenvalue weighted by Crippen LogP contribution is -2.40. The Morgan fingerprint density at radius 2 is 1.74 bits per heavy atom. The third-order valence-corrected chi connectivity index (χ3v) is 4.88. The number of carbonyl (C=O) groups excluding carboxylic acids is 3. The van der Waals surface area contributed by atoms with Crippen molar-refractivity contribution in [1.29, 1.82) is 0 Å². The first-order valence-corrected chi connectivity index (χ1v) is 10.6. The molecule has 0 radical (unpaired) electrons. The van der Waals surface area contributed by atoms with E-state index in [2.05, 4.69) is 5.32 Å². The van der Waals surface area contributed by atoms with E-state index in [1.165, 1.54) is 9.80 Å². The number of nitrogens with one attached hydrogen (secondary N) is 1. The van der Waals surface area contributed by atoms with Gasteiger partial charge in [0.05, 0.1) is 18.7 Å². The van der Waals surface area contributed by atoms with E-state index >= 15 is 0 Å². The highest BCUT2D eigenvalue weighted by Gasteiger charge is 2.46. The fraction of sp³-hybridized carbons (Fsp3) is 0.375. The van der Waals surface area contributed by atoms with E-state index in [-0.39, 0.29) is 30.2 Å². The number of benzene rings is 2. The highest BCUT2D eigenvalue weighted by Crippen LogP contribution is 2.28. The second kappa shape index (κ2) is 10.1. The molecule has 0 aromatic heterocycles. The van der Waals surface area contributed by atoms with E-state index in [1.807, 2.05) is 26.8 Å². The van der Waals surface area contributed by atoms with Gasteiger partial charge in [0.25, 0.3) is 5.91 Å². The number of urea groups is 1. The molecule has 31 heavy (non-hydrogen) atoms. The van der Waals surface area contributed by atoms with Gasteiger partial charge in [-0.2, -0.15) is 0 Å². The molecule has 1 N–H and O–H groups in total. The number of rotatable bonds is 9. The maximum Gasteiger partial charge on any atom is 0.332 e. The number of nitrogens with zero attached hydrogens (tertiary/aromatic N) is 2. The van der Waals surface area contributed by atoms with Crippen molar-refractivity contribution in [3.63, 3.8) is 0 Å². The normalized spacial score (nSPS) is 16.2. The average molecular weight is 424 g/mol. The number of carbonyl (C=O) groups is 3. The zero-order valence-corrected chi connectivity index (χ0v) is 18.2. The Balaban J connectivity index is 1.72. The maximum absolute atomic E-state index is 13.1. The van der Waals surface area contributed by atoms with Gasteiger partial charge >= 0.3 is 6.03 Å². The smallest absolute Gasteiger partial charge is 0.332 e. The van der Waals surface area contributed by atoms with Crippen LogP contribution in [0.2, 0.25) is 0 Å². The third-order valence-electron chi connectivity index (χ3n) is 4.88. The summed E-state index contributed by atoms with van der Waals surface area (Å²) in [6, 6.07) is 14.7. The van der Waals surface area contributed by atoms with Crippen molar-refractivity contribution >= 4 is 29.2 Å². The molecule has 2 aromatic carbocycles. The average Bonchev–Trinajstić information content (AvgIpc) is 2.97. The van der Waals surface area contributed by atoms with Crippen LogP contribution in [0.3, 0.4) is 0 Å². The Labute approximate surface area is 183 Å². The maximum atomic E-state index is 13.1. The first-order valence-electron chi connectivity index (χ1n) is 10.6. The summed E-state index contributed by atoms with van der Waals surface area (Å²) in [5, 5.41) is 2.81. The number of anilines is 2. The number of hydrogen-bond donors (Lipinski definition) is 1. The molecule has 1 fully saturated rings. The molecule has 1 aliphatic heterocycles. The van der Waals surface area contributed by atoms with E-state index < -0.39 is 6.04 Å². The standard InChI is InChI=1S/C24H29N3O4/c1-4-14-31-20-12-10-18(11-13-20)25-22(28)15-21-23(29)27(19-8-6-5-7-9-19)24(30)26(21)16-17(2)3/h5-13,17,21H,4,14-16H2,1-3H3,(H,25,28)/t21-/m0/s1. The van der Waals surface area contributed by atoms with Gasteiger partial charge in [0.1, 0.15) is 11.8 Å². The number of hydrogen-bond acceptors (Lipinski definition) is 4. The minimum Gasteiger partial charge on any atom is -0.494 e. The Hall–Kier alpha value is -3.35. The van der Waals surface area contributed by atoms with Crippen LogP contribution in [0.5, 0.6) is 5.75 Å². The van der Waals surface area contributed by atoms with Crippen molar-refractivity contribution in [1.82, 2.24) is 4.90 Å². The van der Waals surface area contributed by atoms with Gasteiger partial charge in [0.15, 0.2) is 0 Å². The van der Waals surface area contributed by atoms with Crippen LogP contribution < -0.4 is 15.0 Å². The summed E-state index contributed by atoms with van der Waals surface area (Å²) in [4.78, 5) is 41.5. The molecule has 0 saturated carbocycles. The Morgan fingerprint density at radius 3 is 2.35 bits per heavy atom. The Kier molecular flexibility index (Phi) is 7.28. The van der Waals surface area contributed by atoms with Crippen LogP contribution in [0.4, 0.5) is 16.2 Å². The van der Waals surface area contributed by atoms with Crippen LogP contribution >= 0.6 is 0 Å². The zero-order valence-electron chi connectivity index (χ0n) is 18.2. The number of para-hydroxylation sites is 1. The molecule has 164 valence electrons. The Bertz CT molecular complexity index is 912. The largest absolute Gasteiger partial charge is 0.494 e. The molecule has 7 nitrogen and oxygen atoms in total. The molecule has 2 aromatic rings. The van der Waals surface area contributed by atoms with Crippen LogP contribution in [0, 0.1) is 5.92 Å². The molecule has 7 heteroatoms. The number of imide groups is 1. The quantitative estimate of drug-likeness (QED) is 0.610. The lowest BCUT2D eigenvalue weighted by Gasteiger charge is -2.23. The molecule has 3 rings (SSSR count). The second-order valence-electron chi connectivity index (χ2n) is 7.98. The highest BCUT2D eigenvalue weighted by molar-refractivity contribution is 6.22. The topological polar surface area (TPSA) is 79.0 Å². The monoisotopic (exact) mass is 423 g/mol. The first-order chi connectivity index (χ1) is 14.9. The van der Waals surface area contributed by atoms with Gasteiger partial charge in [-0.05, 0) is 48.7 Å². The first kappa shape index (κ1) is 22.3. The molecular weight excluding hydrogens is 394 g/mol. The van der Waals surface area contributed by atoms with Gasteiger partial charge < -0.3 is 15.0 Å². The summed E-state index contributed by atoms with van der Waals surface area (Å²) >= 11 is 0. The molecule has 0 unspecified atom stereocenters. The molecule has 1 saturated heterocycles. The predicted molar refractivity (Wildman–Crippen MR) is 120 cm³/mol. The Morgan fingerprint density at radius 1 is 1.06 bits per heavy atom. The van der Waals surface area contributed by atoms with Gasteiger partial charge in [-0.3, -0.25) is 9.59 Å². The molecular formula is C24H29N3O4. The SMILES string of the molecule is CCCOc1ccc(NC(=O)C[C@H]2C(=O)N(c3ccccc3)C(=O)N2CC(C)C)cc1. The van der Waals surface area contributed by atoms with Crippen molar-refractivity contribution in [3.8, 4) is 5.75 Å². The van der Waals surface area contributed by atoms with Gasteiger partial charge in [0.2, 0.25) is 5.91 Å². The van der Waals surface area contributed by atoms with Crippen LogP contribution in [0.1, 0.15) is 33.6 Å². The summed E-state index contributed by atoms with van der Waals surface area (Å²) in [7, 11) is 0. The number of ether oxygens (including phenoxy) is 1. The van der Waals surface area contributed by atoms with Crippen molar-refractivity contribution in [2.75, 3.05) is 23.4 Å². The molecule has 0 spiro atoms. The molecule has 1 atom stereocenters. The second-order valence-corrected chi connectivity index (χ2v) is 7.98. The van der Waals surface area contributed by atoms with Crippen LogP contribution in [0.25, 0.3) is 0 Å². The fourth-order valence-electron chi connectivity index (χ4n) is 3.49. The summed E-state index contributed by atoms with van der Waals surface area (Å²) < 4.78 is 5.55. The summed E-state index contributed by atoms with van der Waals surface area (Å²) in [6.45, 7) is 7.01. The van der Waals surface area contributed by atoms with Crippen molar-refractivity contribution < 1.29 is 19.1 Å². The van der Waals surface area contributed by atoms with Crippen molar-refractivity contribution in [2.45, 2.75) is 39.7 Å². The highest BCUT2D eigenvalue weighted by atomic mass is 16.5. The zero-order chi connectivity index (χ0) is 22.4. The van der Waals surface area contributed by atoms with Crippen molar-refractivity contribution in [2.24, 2.45) is 5.92 Å². The summed E-state index contributed by atoms with van der Waals surface area (Å²) in [6.07, 6.45) is 0.814. The van der Waals surface area contributed by atoms with Crippen molar-refractivity contribution in [3.05, 3.63) is 54.6 Å². The molecule has 0 aliphatic carbocycles. The van der Waals surface area contributed by atoms with Crippen LogP contribution in [0.15, 0.2) is 54.6 Å². The lowest BCUT2D eigenvalue weighted by atomic mass is 10.1. The van der Waals surface area contributed by atoms with Gasteiger partial charge in [-0.25, -0.2) is 9.69 Å². The molecule has 0 bridgehead atoms. The minimum absolute atomic E-state index is 0.102. The predicted octanol–water partition coefficient (Wildman–Crippen LogP) is 4.30. The lowest BCUT2D eigenvalue weighted by molar-refractivity contribution is -0.124. The summed E-state index contributed by atoms with van der Waals surface area (Å²) in [5.74, 6) is 0.194. The van der Waals surface area contributed by atoms with E-state index in [9.17, 15) is 14.4 Å². The minimum atomic E-state index is -0.831. The van der Waals surface area contributed by atoms with Gasteiger partial charge in [0, 0.05) is 12.2 Å².